The zero-order valence-electron chi connectivity index (χ0n) is 12.0. The van der Waals surface area contributed by atoms with Crippen molar-refractivity contribution in [3.8, 4) is 5.75 Å². The van der Waals surface area contributed by atoms with Crippen LogP contribution in [0.1, 0.15) is 12.4 Å². The van der Waals surface area contributed by atoms with Crippen LogP contribution in [0, 0.1) is 0 Å². The van der Waals surface area contributed by atoms with Crippen LogP contribution in [0.4, 0.5) is 8.78 Å². The molecule has 0 fully saturated rings. The van der Waals surface area contributed by atoms with Crippen molar-refractivity contribution in [2.75, 3.05) is 14.2 Å². The number of hydrogen-bond acceptors (Lipinski definition) is 4. The average Bonchev–Trinajstić information content (AvgIpc) is 2.95. The molecule has 1 aromatic heterocycles. The molecule has 120 valence electrons. The lowest BCUT2D eigenvalue weighted by atomic mass is 10.3. The van der Waals surface area contributed by atoms with Gasteiger partial charge in [-0.3, -0.25) is 4.57 Å². The fraction of sp³-hybridized carbons (Fsp3) is 0.308. The Morgan fingerprint density at radius 3 is 2.68 bits per heavy atom. The molecule has 0 radical (unpaired) electrons. The van der Waals surface area contributed by atoms with Gasteiger partial charge in [0.15, 0.2) is 0 Å². The van der Waals surface area contributed by atoms with E-state index in [9.17, 15) is 17.2 Å². The van der Waals surface area contributed by atoms with Gasteiger partial charge in [-0.25, -0.2) is 13.4 Å². The summed E-state index contributed by atoms with van der Waals surface area (Å²) in [4.78, 5) is 3.74. The first-order valence-electron chi connectivity index (χ1n) is 6.27. The Kier molecular flexibility index (Phi) is 4.77. The molecular weight excluding hydrogens is 316 g/mol. The molecule has 22 heavy (non-hydrogen) atoms. The minimum Gasteiger partial charge on any atom is -0.495 e. The maximum atomic E-state index is 12.8. The predicted molar refractivity (Wildman–Crippen MR) is 75.1 cm³/mol. The number of methoxy groups -OCH3 is 1. The number of halogens is 2. The summed E-state index contributed by atoms with van der Waals surface area (Å²) in [5.74, 6) is 0.141. The second kappa shape index (κ2) is 6.41. The van der Waals surface area contributed by atoms with Crippen molar-refractivity contribution in [2.45, 2.75) is 18.0 Å². The minimum absolute atomic E-state index is 0.0323. The molecule has 2 aromatic rings. The van der Waals surface area contributed by atoms with E-state index >= 15 is 0 Å². The predicted octanol–water partition coefficient (Wildman–Crippen LogP) is 2.11. The second-order valence-corrected chi connectivity index (χ2v) is 6.45. The molecule has 0 bridgehead atoms. The summed E-state index contributed by atoms with van der Waals surface area (Å²) in [5, 5.41) is 0. The van der Waals surface area contributed by atoms with Crippen LogP contribution in [-0.4, -0.2) is 36.4 Å². The highest BCUT2D eigenvalue weighted by Gasteiger charge is 2.26. The molecule has 0 saturated carbocycles. The lowest BCUT2D eigenvalue weighted by Gasteiger charge is -2.19. The van der Waals surface area contributed by atoms with Gasteiger partial charge in [-0.05, 0) is 12.1 Å². The molecule has 0 unspecified atom stereocenters. The van der Waals surface area contributed by atoms with Crippen molar-refractivity contribution < 1.29 is 21.9 Å². The van der Waals surface area contributed by atoms with E-state index < -0.39 is 16.6 Å². The summed E-state index contributed by atoms with van der Waals surface area (Å²) in [6, 6.07) is 6.11. The van der Waals surface area contributed by atoms with Gasteiger partial charge in [0.05, 0.1) is 13.7 Å². The van der Waals surface area contributed by atoms with E-state index in [4.69, 9.17) is 4.74 Å². The third-order valence-electron chi connectivity index (χ3n) is 3.08. The first-order chi connectivity index (χ1) is 10.4. The highest BCUT2D eigenvalue weighted by atomic mass is 32.2. The lowest BCUT2D eigenvalue weighted by Crippen LogP contribution is -2.28. The third-order valence-corrected chi connectivity index (χ3v) is 4.92. The van der Waals surface area contributed by atoms with Gasteiger partial charge in [0.1, 0.15) is 16.5 Å². The van der Waals surface area contributed by atoms with E-state index in [2.05, 4.69) is 4.98 Å². The van der Waals surface area contributed by atoms with Crippen molar-refractivity contribution in [2.24, 2.45) is 0 Å². The molecule has 2 rings (SSSR count). The van der Waals surface area contributed by atoms with Crippen LogP contribution in [0.25, 0.3) is 0 Å². The van der Waals surface area contributed by atoms with Crippen LogP contribution in [-0.2, 0) is 16.6 Å². The van der Waals surface area contributed by atoms with Crippen LogP contribution < -0.4 is 4.74 Å². The molecule has 0 aliphatic rings. The molecule has 0 spiro atoms. The molecule has 1 heterocycles. The molecule has 0 aliphatic carbocycles. The van der Waals surface area contributed by atoms with Crippen LogP contribution in [0.15, 0.2) is 41.6 Å². The summed E-state index contributed by atoms with van der Waals surface area (Å²) >= 11 is 0. The van der Waals surface area contributed by atoms with E-state index in [1.165, 1.54) is 32.5 Å². The largest absolute Gasteiger partial charge is 0.495 e. The number of ether oxygens (including phenoxy) is 1. The van der Waals surface area contributed by atoms with Crippen LogP contribution in [0.5, 0.6) is 5.75 Å². The summed E-state index contributed by atoms with van der Waals surface area (Å²) in [6.07, 6.45) is 2.30. The van der Waals surface area contributed by atoms with Crippen molar-refractivity contribution in [3.63, 3.8) is 0 Å². The molecule has 0 atom stereocenters. The molecule has 0 aliphatic heterocycles. The Labute approximate surface area is 127 Å². The monoisotopic (exact) mass is 331 g/mol. The number of hydrogen-bond donors (Lipinski definition) is 0. The topological polar surface area (TPSA) is 64.4 Å². The zero-order chi connectivity index (χ0) is 16.3. The molecule has 6 nitrogen and oxygen atoms in total. The van der Waals surface area contributed by atoms with Gasteiger partial charge in [-0.15, -0.1) is 0 Å². The van der Waals surface area contributed by atoms with Gasteiger partial charge in [0, 0.05) is 19.4 Å². The van der Waals surface area contributed by atoms with Gasteiger partial charge in [-0.1, -0.05) is 12.1 Å². The fourth-order valence-electron chi connectivity index (χ4n) is 1.93. The van der Waals surface area contributed by atoms with Gasteiger partial charge in [0.2, 0.25) is 10.0 Å². The maximum Gasteiger partial charge on any atom is 0.319 e. The number of rotatable bonds is 6. The van der Waals surface area contributed by atoms with E-state index in [0.29, 0.717) is 4.57 Å². The molecule has 0 amide bonds. The highest BCUT2D eigenvalue weighted by molar-refractivity contribution is 7.89. The number of sulfonamides is 1. The summed E-state index contributed by atoms with van der Waals surface area (Å²) in [6.45, 7) is -3.06. The normalized spacial score (nSPS) is 12.1. The smallest absolute Gasteiger partial charge is 0.319 e. The first-order valence-corrected chi connectivity index (χ1v) is 7.71. The molecule has 9 heteroatoms. The molecule has 0 N–H and O–H groups in total. The Morgan fingerprint density at radius 1 is 1.36 bits per heavy atom. The van der Waals surface area contributed by atoms with Gasteiger partial charge in [0.25, 0.3) is 0 Å². The van der Waals surface area contributed by atoms with E-state index in [1.807, 2.05) is 0 Å². The SMILES string of the molecule is COc1ccccc1S(=O)(=O)N(C)Cc1nccn1C(F)F. The van der Waals surface area contributed by atoms with Gasteiger partial charge in [-0.2, -0.15) is 13.1 Å². The van der Waals surface area contributed by atoms with Gasteiger partial charge >= 0.3 is 6.55 Å². The second-order valence-electron chi connectivity index (χ2n) is 4.44. The number of para-hydroxylation sites is 1. The Hall–Kier alpha value is -2.00. The van der Waals surface area contributed by atoms with Crippen molar-refractivity contribution >= 4 is 10.0 Å². The average molecular weight is 331 g/mol. The first kappa shape index (κ1) is 16.4. The summed E-state index contributed by atoms with van der Waals surface area (Å²) in [7, 11) is -1.23. The number of aromatic nitrogens is 2. The van der Waals surface area contributed by atoms with E-state index in [1.54, 1.807) is 12.1 Å². The van der Waals surface area contributed by atoms with E-state index in [-0.39, 0.29) is 23.0 Å². The number of nitrogens with zero attached hydrogens (tertiary/aromatic N) is 3. The Morgan fingerprint density at radius 2 is 2.05 bits per heavy atom. The number of imidazole rings is 1. The Bertz CT molecular complexity index is 746. The van der Waals surface area contributed by atoms with Crippen molar-refractivity contribution in [1.29, 1.82) is 0 Å². The quantitative estimate of drug-likeness (QED) is 0.813. The van der Waals surface area contributed by atoms with Crippen molar-refractivity contribution in [3.05, 3.63) is 42.5 Å². The van der Waals surface area contributed by atoms with Gasteiger partial charge < -0.3 is 4.74 Å². The fourth-order valence-corrected chi connectivity index (χ4v) is 3.21. The Balaban J connectivity index is 2.31. The lowest BCUT2D eigenvalue weighted by molar-refractivity contribution is 0.0658. The summed E-state index contributed by atoms with van der Waals surface area (Å²) < 4.78 is 57.3. The third kappa shape index (κ3) is 3.09. The molecular formula is C13H15F2N3O3S. The minimum atomic E-state index is -3.89. The van der Waals surface area contributed by atoms with Crippen molar-refractivity contribution in [1.82, 2.24) is 13.9 Å². The summed E-state index contributed by atoms with van der Waals surface area (Å²) in [5.41, 5.74) is 0. The van der Waals surface area contributed by atoms with Crippen LogP contribution >= 0.6 is 0 Å². The molecule has 1 aromatic carbocycles. The highest BCUT2D eigenvalue weighted by Crippen LogP contribution is 2.26. The number of benzene rings is 1. The maximum absolute atomic E-state index is 12.8. The van der Waals surface area contributed by atoms with Crippen LogP contribution in [0.2, 0.25) is 0 Å². The zero-order valence-corrected chi connectivity index (χ0v) is 12.8. The van der Waals surface area contributed by atoms with E-state index in [0.717, 1.165) is 10.5 Å². The standard InChI is InChI=1S/C13H15F2N3O3S/c1-17(9-12-16-7-8-18(12)13(14)15)22(19,20)11-6-4-3-5-10(11)21-2/h3-8,13H,9H2,1-2H3. The number of alkyl halides is 2. The van der Waals surface area contributed by atoms with Crippen LogP contribution in [0.3, 0.4) is 0 Å². The molecule has 0 saturated heterocycles.